The van der Waals surface area contributed by atoms with E-state index in [1.807, 2.05) is 0 Å². The summed E-state index contributed by atoms with van der Waals surface area (Å²) >= 11 is 0. The van der Waals surface area contributed by atoms with Crippen LogP contribution in [0.1, 0.15) is 18.1 Å². The van der Waals surface area contributed by atoms with E-state index in [9.17, 15) is 19.0 Å². The van der Waals surface area contributed by atoms with Gasteiger partial charge in [-0.3, -0.25) is 9.79 Å². The number of benzene rings is 2. The van der Waals surface area contributed by atoms with Crippen LogP contribution in [0, 0.1) is 11.6 Å². The first-order chi connectivity index (χ1) is 14.3. The molecule has 10 heteroatoms. The van der Waals surface area contributed by atoms with Crippen molar-refractivity contribution in [3.05, 3.63) is 77.5 Å². The molecule has 0 aliphatic rings. The third-order valence-corrected chi connectivity index (χ3v) is 3.47. The normalized spacial score (nSPS) is 10.4. The summed E-state index contributed by atoms with van der Waals surface area (Å²) in [5, 5.41) is 26.8. The van der Waals surface area contributed by atoms with Gasteiger partial charge in [-0.1, -0.05) is 12.1 Å². The number of pyridine rings is 1. The Hall–Kier alpha value is -3.62. The summed E-state index contributed by atoms with van der Waals surface area (Å²) in [5.74, 6) is -3.14. The monoisotopic (exact) mass is 468 g/mol. The summed E-state index contributed by atoms with van der Waals surface area (Å²) in [6.45, 7) is 1.08. The van der Waals surface area contributed by atoms with Crippen LogP contribution < -0.4 is 0 Å². The number of halogens is 2. The van der Waals surface area contributed by atoms with E-state index in [1.54, 1.807) is 12.1 Å². The van der Waals surface area contributed by atoms with Crippen LogP contribution in [-0.4, -0.2) is 38.7 Å². The third kappa shape index (κ3) is 7.61. The SMILES string of the molecule is CC(=O)O.Oc1c(F)cccc1C=Nc1cccnc1/N=C/c1cccc(F)c1O.[Mn+2]. The van der Waals surface area contributed by atoms with E-state index in [4.69, 9.17) is 9.90 Å². The van der Waals surface area contributed by atoms with Crippen molar-refractivity contribution in [1.29, 1.82) is 0 Å². The predicted octanol–water partition coefficient (Wildman–Crippen LogP) is 4.36. The van der Waals surface area contributed by atoms with Gasteiger partial charge in [-0.25, -0.2) is 18.8 Å². The topological polar surface area (TPSA) is 115 Å². The van der Waals surface area contributed by atoms with E-state index in [2.05, 4.69) is 15.0 Å². The molecule has 1 radical (unpaired) electrons. The Morgan fingerprint density at radius 3 is 1.90 bits per heavy atom. The number of aliphatic imine (C=N–C) groups is 2. The number of aromatic nitrogens is 1. The molecule has 1 aromatic heterocycles. The van der Waals surface area contributed by atoms with Crippen molar-refractivity contribution in [3.63, 3.8) is 0 Å². The maximum atomic E-state index is 13.4. The zero-order valence-electron chi connectivity index (χ0n) is 16.1. The molecule has 159 valence electrons. The summed E-state index contributed by atoms with van der Waals surface area (Å²) in [4.78, 5) is 21.4. The van der Waals surface area contributed by atoms with Crippen LogP contribution in [0.5, 0.6) is 11.5 Å². The number of carboxylic acid groups (broad SMARTS) is 1. The Kier molecular flexibility index (Phi) is 9.97. The number of aliphatic carboxylic acids is 1. The molecule has 0 saturated carbocycles. The van der Waals surface area contributed by atoms with Crippen LogP contribution in [0.4, 0.5) is 20.3 Å². The average Bonchev–Trinajstić information content (AvgIpc) is 2.70. The molecule has 1 heterocycles. The van der Waals surface area contributed by atoms with Crippen molar-refractivity contribution in [2.75, 3.05) is 0 Å². The maximum Gasteiger partial charge on any atom is 2.00 e. The van der Waals surface area contributed by atoms with Crippen LogP contribution in [0.3, 0.4) is 0 Å². The van der Waals surface area contributed by atoms with Crippen molar-refractivity contribution >= 4 is 29.9 Å². The molecule has 0 atom stereocenters. The zero-order chi connectivity index (χ0) is 22.1. The fraction of sp³-hybridized carbons (Fsp3) is 0.0476. The molecule has 0 aliphatic heterocycles. The predicted molar refractivity (Wildman–Crippen MR) is 108 cm³/mol. The molecule has 0 unspecified atom stereocenters. The second-order valence-electron chi connectivity index (χ2n) is 5.74. The molecule has 3 aromatic rings. The van der Waals surface area contributed by atoms with Crippen molar-refractivity contribution in [1.82, 2.24) is 4.98 Å². The fourth-order valence-electron chi connectivity index (χ4n) is 2.13. The molecule has 0 amide bonds. The number of phenolic OH excluding ortho intramolecular Hbond substituents is 2. The van der Waals surface area contributed by atoms with Gasteiger partial charge in [0.05, 0.1) is 0 Å². The number of para-hydroxylation sites is 2. The van der Waals surface area contributed by atoms with Crippen LogP contribution in [-0.2, 0) is 21.9 Å². The number of rotatable bonds is 4. The van der Waals surface area contributed by atoms with E-state index in [0.717, 1.165) is 19.1 Å². The summed E-state index contributed by atoms with van der Waals surface area (Å²) in [7, 11) is 0. The van der Waals surface area contributed by atoms with Gasteiger partial charge in [0, 0.05) is 36.7 Å². The molecule has 0 fully saturated rings. The quantitative estimate of drug-likeness (QED) is 0.389. The number of carboxylic acids is 1. The average molecular weight is 468 g/mol. The van der Waals surface area contributed by atoms with Crippen molar-refractivity contribution in [2.24, 2.45) is 9.98 Å². The Morgan fingerprint density at radius 2 is 1.39 bits per heavy atom. The minimum Gasteiger partial charge on any atom is -0.504 e. The summed E-state index contributed by atoms with van der Waals surface area (Å²) in [6.07, 6.45) is 4.05. The van der Waals surface area contributed by atoms with Crippen molar-refractivity contribution in [3.8, 4) is 11.5 Å². The smallest absolute Gasteiger partial charge is 0.504 e. The van der Waals surface area contributed by atoms with E-state index >= 15 is 0 Å². The van der Waals surface area contributed by atoms with E-state index in [-0.39, 0.29) is 34.0 Å². The second kappa shape index (κ2) is 12.2. The van der Waals surface area contributed by atoms with Gasteiger partial charge in [-0.2, -0.15) is 0 Å². The Morgan fingerprint density at radius 1 is 0.903 bits per heavy atom. The minimum atomic E-state index is -0.833. The number of hydrogen-bond acceptors (Lipinski definition) is 6. The van der Waals surface area contributed by atoms with Crippen LogP contribution in [0.25, 0.3) is 0 Å². The molecule has 0 saturated heterocycles. The Labute approximate surface area is 186 Å². The number of aromatic hydroxyl groups is 2. The van der Waals surface area contributed by atoms with Gasteiger partial charge in [0.1, 0.15) is 5.69 Å². The first kappa shape index (κ1) is 25.4. The van der Waals surface area contributed by atoms with Gasteiger partial charge in [-0.15, -0.1) is 0 Å². The minimum absolute atomic E-state index is 0. The number of nitrogens with zero attached hydrogens (tertiary/aromatic N) is 3. The van der Waals surface area contributed by atoms with E-state index in [1.165, 1.54) is 42.9 Å². The molecular weight excluding hydrogens is 451 g/mol. The molecule has 0 aliphatic carbocycles. The van der Waals surface area contributed by atoms with E-state index in [0.29, 0.717) is 5.69 Å². The van der Waals surface area contributed by atoms with Gasteiger partial charge >= 0.3 is 17.1 Å². The van der Waals surface area contributed by atoms with Crippen molar-refractivity contribution < 1.29 is 46.0 Å². The van der Waals surface area contributed by atoms with Crippen LogP contribution in [0.2, 0.25) is 0 Å². The Balaban J connectivity index is 0.000000885. The molecular formula is C21H17F2MnN3O4+2. The fourth-order valence-corrected chi connectivity index (χ4v) is 2.13. The first-order valence-electron chi connectivity index (χ1n) is 8.47. The molecule has 2 aromatic carbocycles. The third-order valence-electron chi connectivity index (χ3n) is 3.47. The molecule has 3 N–H and O–H groups in total. The maximum absolute atomic E-state index is 13.4. The molecule has 0 spiro atoms. The standard InChI is InChI=1S/C19H13F2N3O2.C2H4O2.Mn/c20-14-6-1-4-12(17(14)25)10-23-16-8-3-9-22-19(16)24-11-13-5-2-7-15(21)18(13)26;1-2(3)4;/h1-11,25-26H;1H3,(H,3,4);/q;;+2/b23-10?,24-11+;;. The molecule has 0 bridgehead atoms. The summed E-state index contributed by atoms with van der Waals surface area (Å²) in [5.41, 5.74) is 0.739. The largest absolute Gasteiger partial charge is 2.00 e. The number of hydrogen-bond donors (Lipinski definition) is 3. The molecule has 7 nitrogen and oxygen atoms in total. The van der Waals surface area contributed by atoms with Gasteiger partial charge in [0.15, 0.2) is 29.0 Å². The van der Waals surface area contributed by atoms with Crippen LogP contribution in [0.15, 0.2) is 64.7 Å². The van der Waals surface area contributed by atoms with Crippen LogP contribution >= 0.6 is 0 Å². The molecule has 31 heavy (non-hydrogen) atoms. The summed E-state index contributed by atoms with van der Waals surface area (Å²) in [6, 6.07) is 11.4. The molecule has 3 rings (SSSR count). The van der Waals surface area contributed by atoms with Gasteiger partial charge in [0.25, 0.3) is 5.97 Å². The second-order valence-corrected chi connectivity index (χ2v) is 5.74. The van der Waals surface area contributed by atoms with Gasteiger partial charge < -0.3 is 15.3 Å². The number of phenols is 2. The zero-order valence-corrected chi connectivity index (χ0v) is 17.3. The van der Waals surface area contributed by atoms with E-state index < -0.39 is 29.1 Å². The van der Waals surface area contributed by atoms with Crippen molar-refractivity contribution in [2.45, 2.75) is 6.92 Å². The van der Waals surface area contributed by atoms with Gasteiger partial charge in [0.2, 0.25) is 0 Å². The Bertz CT molecular complexity index is 1020. The first-order valence-corrected chi connectivity index (χ1v) is 8.47. The van der Waals surface area contributed by atoms with Gasteiger partial charge in [-0.05, 0) is 36.4 Å². The number of carbonyl (C=O) groups is 1. The summed E-state index contributed by atoms with van der Waals surface area (Å²) < 4.78 is 26.7.